The molecule has 0 saturated carbocycles. The summed E-state index contributed by atoms with van der Waals surface area (Å²) in [6.07, 6.45) is 0.826. The van der Waals surface area contributed by atoms with E-state index in [1.165, 1.54) is 54.9 Å². The predicted octanol–water partition coefficient (Wildman–Crippen LogP) is 9.17. The number of fused-ring (bicyclic) bond motifs is 2. The van der Waals surface area contributed by atoms with E-state index >= 15 is 0 Å². The van der Waals surface area contributed by atoms with E-state index in [1.54, 1.807) is 0 Å². The molecular formula is C35H29OP. The van der Waals surface area contributed by atoms with Crippen LogP contribution >= 0.6 is 7.14 Å². The zero-order valence-electron chi connectivity index (χ0n) is 21.2. The van der Waals surface area contributed by atoms with Gasteiger partial charge in [-0.15, -0.1) is 0 Å². The molecule has 1 nitrogen and oxygen atoms in total. The summed E-state index contributed by atoms with van der Waals surface area (Å²) in [6, 6.07) is 45.4. The minimum Gasteiger partial charge on any atom is -0.319 e. The van der Waals surface area contributed by atoms with Crippen LogP contribution in [0.4, 0.5) is 0 Å². The van der Waals surface area contributed by atoms with Crippen LogP contribution in [0.15, 0.2) is 127 Å². The van der Waals surface area contributed by atoms with Crippen LogP contribution in [0.25, 0.3) is 43.8 Å². The second kappa shape index (κ2) is 9.51. The Bertz CT molecular complexity index is 1700. The van der Waals surface area contributed by atoms with E-state index in [0.717, 1.165) is 11.7 Å². The van der Waals surface area contributed by atoms with Crippen LogP contribution in [0.2, 0.25) is 0 Å². The van der Waals surface area contributed by atoms with Crippen molar-refractivity contribution < 1.29 is 4.57 Å². The van der Waals surface area contributed by atoms with Crippen molar-refractivity contribution in [1.29, 1.82) is 0 Å². The van der Waals surface area contributed by atoms with Gasteiger partial charge in [0.15, 0.2) is 0 Å². The first-order valence-electron chi connectivity index (χ1n) is 12.7. The van der Waals surface area contributed by atoms with E-state index in [2.05, 4.69) is 115 Å². The summed E-state index contributed by atoms with van der Waals surface area (Å²) in [6.45, 7) is 3.66. The number of hydrogen-bond acceptors (Lipinski definition) is 1. The molecule has 0 N–H and O–H groups in total. The second-order valence-corrected chi connectivity index (χ2v) is 13.3. The van der Waals surface area contributed by atoms with Gasteiger partial charge in [0.2, 0.25) is 0 Å². The fourth-order valence-corrected chi connectivity index (χ4v) is 6.22. The highest BCUT2D eigenvalue weighted by Crippen LogP contribution is 2.41. The molecule has 0 aliphatic rings. The van der Waals surface area contributed by atoms with Crippen molar-refractivity contribution in [2.45, 2.75) is 6.42 Å². The first-order valence-corrected chi connectivity index (χ1v) is 15.3. The molecule has 0 amide bonds. The molecule has 0 radical (unpaired) electrons. The van der Waals surface area contributed by atoms with Gasteiger partial charge in [-0.3, -0.25) is 0 Å². The molecule has 0 fully saturated rings. The van der Waals surface area contributed by atoms with E-state index in [1.807, 2.05) is 25.5 Å². The summed E-state index contributed by atoms with van der Waals surface area (Å²) in [5.41, 5.74) is 7.52. The third kappa shape index (κ3) is 4.52. The lowest BCUT2D eigenvalue weighted by molar-refractivity contribution is 0.588. The molecule has 0 saturated heterocycles. The van der Waals surface area contributed by atoms with Crippen molar-refractivity contribution in [2.75, 3.05) is 13.3 Å². The minimum atomic E-state index is -2.26. The highest BCUT2D eigenvalue weighted by Gasteiger charge is 2.16. The molecule has 2 heteroatoms. The Balaban J connectivity index is 1.51. The van der Waals surface area contributed by atoms with Gasteiger partial charge in [-0.25, -0.2) is 0 Å². The Morgan fingerprint density at radius 3 is 1.49 bits per heavy atom. The molecule has 37 heavy (non-hydrogen) atoms. The molecule has 6 aromatic carbocycles. The Labute approximate surface area is 218 Å². The highest BCUT2D eigenvalue weighted by molar-refractivity contribution is 7.70. The van der Waals surface area contributed by atoms with Crippen LogP contribution in [0.3, 0.4) is 0 Å². The van der Waals surface area contributed by atoms with Gasteiger partial charge < -0.3 is 4.57 Å². The summed E-state index contributed by atoms with van der Waals surface area (Å²) in [7, 11) is -2.26. The van der Waals surface area contributed by atoms with E-state index < -0.39 is 7.14 Å². The largest absolute Gasteiger partial charge is 0.319 e. The van der Waals surface area contributed by atoms with Crippen molar-refractivity contribution in [3.05, 3.63) is 139 Å². The highest BCUT2D eigenvalue weighted by atomic mass is 31.2. The van der Waals surface area contributed by atoms with E-state index in [-0.39, 0.29) is 0 Å². The lowest BCUT2D eigenvalue weighted by atomic mass is 9.86. The van der Waals surface area contributed by atoms with Crippen LogP contribution < -0.4 is 5.30 Å². The van der Waals surface area contributed by atoms with Gasteiger partial charge in [0.05, 0.1) is 0 Å². The topological polar surface area (TPSA) is 17.1 Å². The number of benzene rings is 6. The minimum absolute atomic E-state index is 0.826. The maximum atomic E-state index is 12.5. The lowest BCUT2D eigenvalue weighted by Gasteiger charge is -2.18. The van der Waals surface area contributed by atoms with Crippen molar-refractivity contribution in [1.82, 2.24) is 0 Å². The molecule has 0 atom stereocenters. The maximum Gasteiger partial charge on any atom is 0.109 e. The van der Waals surface area contributed by atoms with Gasteiger partial charge in [-0.05, 0) is 74.7 Å². The normalized spacial score (nSPS) is 11.7. The lowest BCUT2D eigenvalue weighted by Crippen LogP contribution is -2.03. The van der Waals surface area contributed by atoms with Gasteiger partial charge in [0, 0.05) is 5.30 Å². The molecule has 0 bridgehead atoms. The monoisotopic (exact) mass is 496 g/mol. The van der Waals surface area contributed by atoms with Crippen LogP contribution in [-0.2, 0) is 11.0 Å². The maximum absolute atomic E-state index is 12.5. The molecule has 0 heterocycles. The molecule has 6 rings (SSSR count). The first kappa shape index (κ1) is 23.5. The van der Waals surface area contributed by atoms with E-state index in [9.17, 15) is 4.57 Å². The van der Waals surface area contributed by atoms with Gasteiger partial charge >= 0.3 is 0 Å². The van der Waals surface area contributed by atoms with Crippen LogP contribution in [-0.4, -0.2) is 13.3 Å². The van der Waals surface area contributed by atoms with Gasteiger partial charge in [0.25, 0.3) is 0 Å². The van der Waals surface area contributed by atoms with Gasteiger partial charge in [-0.2, -0.15) is 0 Å². The van der Waals surface area contributed by atoms with E-state index in [4.69, 9.17) is 0 Å². The fraction of sp³-hybridized carbons (Fsp3) is 0.0857. The predicted molar refractivity (Wildman–Crippen MR) is 161 cm³/mol. The van der Waals surface area contributed by atoms with Crippen molar-refractivity contribution in [3.63, 3.8) is 0 Å². The summed E-state index contributed by atoms with van der Waals surface area (Å²) in [5.74, 6) is 0. The quantitative estimate of drug-likeness (QED) is 0.172. The Morgan fingerprint density at radius 2 is 0.946 bits per heavy atom. The summed E-state index contributed by atoms with van der Waals surface area (Å²) >= 11 is 0. The van der Waals surface area contributed by atoms with Gasteiger partial charge in [0.1, 0.15) is 7.14 Å². The molecule has 6 aromatic rings. The van der Waals surface area contributed by atoms with E-state index in [0.29, 0.717) is 0 Å². The standard InChI is InChI=1S/C35H29OP/c1-37(2,36)29-22-16-25(17-23-29)24-34-30-12-6-8-14-32(30)35(33-15-9-7-13-31(33)34)28-20-18-27(19-21-28)26-10-4-3-5-11-26/h3-23H,24H2,1-2H3. The zero-order chi connectivity index (χ0) is 25.4. The summed E-state index contributed by atoms with van der Waals surface area (Å²) < 4.78 is 12.5. The third-order valence-electron chi connectivity index (χ3n) is 7.26. The Hall–Kier alpha value is -3.93. The molecule has 0 aliphatic carbocycles. The SMILES string of the molecule is CP(C)(=O)c1ccc(Cc2c3ccccc3c(-c3ccc(-c4ccccc4)cc3)c3ccccc23)cc1. The van der Waals surface area contributed by atoms with Crippen LogP contribution in [0.1, 0.15) is 11.1 Å². The number of rotatable bonds is 5. The molecule has 0 aliphatic heterocycles. The average Bonchev–Trinajstić information content (AvgIpc) is 2.93. The summed E-state index contributed by atoms with van der Waals surface area (Å²) in [4.78, 5) is 0. The molecule has 0 spiro atoms. The first-order chi connectivity index (χ1) is 18.0. The molecular weight excluding hydrogens is 467 g/mol. The molecule has 0 unspecified atom stereocenters. The smallest absolute Gasteiger partial charge is 0.109 e. The Kier molecular flexibility index (Phi) is 6.03. The average molecular weight is 497 g/mol. The Morgan fingerprint density at radius 1 is 0.486 bits per heavy atom. The van der Waals surface area contributed by atoms with Crippen molar-refractivity contribution in [2.24, 2.45) is 0 Å². The van der Waals surface area contributed by atoms with Crippen LogP contribution in [0.5, 0.6) is 0 Å². The van der Waals surface area contributed by atoms with Crippen molar-refractivity contribution >= 4 is 34.0 Å². The van der Waals surface area contributed by atoms with Gasteiger partial charge in [-0.1, -0.05) is 127 Å². The van der Waals surface area contributed by atoms with Crippen LogP contribution in [0, 0.1) is 0 Å². The molecule has 0 aromatic heterocycles. The summed E-state index contributed by atoms with van der Waals surface area (Å²) in [5, 5.41) is 6.03. The number of hydrogen-bond donors (Lipinski definition) is 0. The van der Waals surface area contributed by atoms with Crippen molar-refractivity contribution in [3.8, 4) is 22.3 Å². The zero-order valence-corrected chi connectivity index (χ0v) is 22.1. The second-order valence-electron chi connectivity index (χ2n) is 10.1. The fourth-order valence-electron chi connectivity index (χ4n) is 5.36. The third-order valence-corrected chi connectivity index (χ3v) is 8.80. The molecule has 180 valence electrons.